The van der Waals surface area contributed by atoms with E-state index in [9.17, 15) is 9.59 Å². The third-order valence-corrected chi connectivity index (χ3v) is 5.05. The van der Waals surface area contributed by atoms with Gasteiger partial charge in [-0.05, 0) is 43.5 Å². The van der Waals surface area contributed by atoms with Crippen molar-refractivity contribution in [3.63, 3.8) is 0 Å². The lowest BCUT2D eigenvalue weighted by molar-refractivity contribution is -0.135. The van der Waals surface area contributed by atoms with Gasteiger partial charge < -0.3 is 9.80 Å². The fraction of sp³-hybridized carbons (Fsp3) is 0.556. The summed E-state index contributed by atoms with van der Waals surface area (Å²) in [6, 6.07) is 7.44. The Hall–Kier alpha value is -1.36. The molecular weight excluding hydrogens is 356 g/mol. The Labute approximate surface area is 147 Å². The van der Waals surface area contributed by atoms with Crippen LogP contribution in [0.15, 0.2) is 28.7 Å². The maximum Gasteiger partial charge on any atom is 0.253 e. The molecule has 1 fully saturated rings. The molecule has 0 N–H and O–H groups in total. The molecule has 1 aliphatic rings. The second-order valence-corrected chi connectivity index (χ2v) is 6.91. The molecule has 0 atom stereocenters. The van der Waals surface area contributed by atoms with Crippen LogP contribution in [0, 0.1) is 5.92 Å². The summed E-state index contributed by atoms with van der Waals surface area (Å²) in [6.07, 6.45) is 2.61. The number of rotatable bonds is 4. The molecular formula is C18H25BrN2O2. The van der Waals surface area contributed by atoms with E-state index in [1.54, 1.807) is 0 Å². The number of hydrogen-bond donors (Lipinski definition) is 0. The number of nitrogens with zero attached hydrogens (tertiary/aromatic N) is 2. The van der Waals surface area contributed by atoms with Gasteiger partial charge >= 0.3 is 0 Å². The Morgan fingerprint density at radius 1 is 1.00 bits per heavy atom. The van der Waals surface area contributed by atoms with Crippen molar-refractivity contribution in [1.82, 2.24) is 9.80 Å². The van der Waals surface area contributed by atoms with Crippen LogP contribution in [0.5, 0.6) is 0 Å². The molecule has 1 aromatic carbocycles. The lowest BCUT2D eigenvalue weighted by atomic mass is 10.0. The van der Waals surface area contributed by atoms with Gasteiger partial charge in [-0.15, -0.1) is 0 Å². The lowest BCUT2D eigenvalue weighted by Gasteiger charge is -2.25. The smallest absolute Gasteiger partial charge is 0.253 e. The molecule has 0 saturated carbocycles. The maximum atomic E-state index is 12.6. The first-order valence-corrected chi connectivity index (χ1v) is 9.19. The summed E-state index contributed by atoms with van der Waals surface area (Å²) >= 11 is 3.38. The fourth-order valence-corrected chi connectivity index (χ4v) is 3.28. The van der Waals surface area contributed by atoms with E-state index in [4.69, 9.17) is 0 Å². The highest BCUT2D eigenvalue weighted by Crippen LogP contribution is 2.16. The van der Waals surface area contributed by atoms with Gasteiger partial charge in [0.1, 0.15) is 0 Å². The maximum absolute atomic E-state index is 12.6. The van der Waals surface area contributed by atoms with Crippen molar-refractivity contribution in [2.75, 3.05) is 26.2 Å². The van der Waals surface area contributed by atoms with Crippen molar-refractivity contribution in [3.05, 3.63) is 34.3 Å². The Morgan fingerprint density at radius 2 is 1.57 bits per heavy atom. The first-order valence-electron chi connectivity index (χ1n) is 8.40. The van der Waals surface area contributed by atoms with Crippen molar-refractivity contribution in [2.24, 2.45) is 5.92 Å². The minimum Gasteiger partial charge on any atom is -0.341 e. The van der Waals surface area contributed by atoms with E-state index in [2.05, 4.69) is 29.8 Å². The predicted octanol–water partition coefficient (Wildman–Crippen LogP) is 3.56. The van der Waals surface area contributed by atoms with Crippen LogP contribution in [0.4, 0.5) is 0 Å². The van der Waals surface area contributed by atoms with Crippen LogP contribution in [-0.2, 0) is 4.79 Å². The SMILES string of the molecule is CCC(CC)C(=O)N1CCCN(C(=O)c2ccc(Br)cc2)CC1. The summed E-state index contributed by atoms with van der Waals surface area (Å²) in [5.74, 6) is 0.408. The van der Waals surface area contributed by atoms with Gasteiger partial charge in [-0.2, -0.15) is 0 Å². The van der Waals surface area contributed by atoms with Crippen molar-refractivity contribution in [2.45, 2.75) is 33.1 Å². The summed E-state index contributed by atoms with van der Waals surface area (Å²) < 4.78 is 0.965. The molecule has 0 radical (unpaired) electrons. The number of halogens is 1. The number of carbonyl (C=O) groups is 2. The molecule has 5 heteroatoms. The van der Waals surface area contributed by atoms with Crippen LogP contribution in [-0.4, -0.2) is 47.8 Å². The zero-order chi connectivity index (χ0) is 16.8. The fourth-order valence-electron chi connectivity index (χ4n) is 3.01. The molecule has 126 valence electrons. The molecule has 1 aliphatic heterocycles. The van der Waals surface area contributed by atoms with Crippen LogP contribution in [0.2, 0.25) is 0 Å². The Balaban J connectivity index is 1.99. The van der Waals surface area contributed by atoms with Crippen LogP contribution in [0.25, 0.3) is 0 Å². The second-order valence-electron chi connectivity index (χ2n) is 5.99. The molecule has 2 rings (SSSR count). The number of carbonyl (C=O) groups excluding carboxylic acids is 2. The number of hydrogen-bond acceptors (Lipinski definition) is 2. The molecule has 4 nitrogen and oxygen atoms in total. The summed E-state index contributed by atoms with van der Waals surface area (Å²) in [5, 5.41) is 0. The molecule has 0 aliphatic carbocycles. The standard InChI is InChI=1S/C18H25BrN2O2/c1-3-14(4-2)17(22)20-10-5-11-21(13-12-20)18(23)15-6-8-16(19)9-7-15/h6-9,14H,3-5,10-13H2,1-2H3. The van der Waals surface area contributed by atoms with E-state index < -0.39 is 0 Å². The first kappa shape index (κ1) is 18.0. The molecule has 0 unspecified atom stereocenters. The zero-order valence-electron chi connectivity index (χ0n) is 13.9. The van der Waals surface area contributed by atoms with Crippen LogP contribution >= 0.6 is 15.9 Å². The van der Waals surface area contributed by atoms with Gasteiger partial charge in [-0.3, -0.25) is 9.59 Å². The lowest BCUT2D eigenvalue weighted by Crippen LogP contribution is -2.39. The largest absolute Gasteiger partial charge is 0.341 e. The quantitative estimate of drug-likeness (QED) is 0.800. The van der Waals surface area contributed by atoms with E-state index in [1.807, 2.05) is 34.1 Å². The predicted molar refractivity (Wildman–Crippen MR) is 95.3 cm³/mol. The van der Waals surface area contributed by atoms with Gasteiger partial charge in [0.15, 0.2) is 0 Å². The summed E-state index contributed by atoms with van der Waals surface area (Å²) in [5.41, 5.74) is 0.702. The first-order chi connectivity index (χ1) is 11.1. The zero-order valence-corrected chi connectivity index (χ0v) is 15.5. The van der Waals surface area contributed by atoms with Gasteiger partial charge in [0.05, 0.1) is 0 Å². The van der Waals surface area contributed by atoms with Crippen LogP contribution in [0.1, 0.15) is 43.5 Å². The van der Waals surface area contributed by atoms with E-state index in [-0.39, 0.29) is 17.7 Å². The van der Waals surface area contributed by atoms with Gasteiger partial charge in [-0.1, -0.05) is 29.8 Å². The molecule has 0 aromatic heterocycles. The van der Waals surface area contributed by atoms with E-state index in [1.165, 1.54) is 0 Å². The summed E-state index contributed by atoms with van der Waals surface area (Å²) in [7, 11) is 0. The van der Waals surface area contributed by atoms with Gasteiger partial charge in [0, 0.05) is 42.1 Å². The molecule has 0 spiro atoms. The van der Waals surface area contributed by atoms with Crippen LogP contribution in [0.3, 0.4) is 0 Å². The van der Waals surface area contributed by atoms with Crippen molar-refractivity contribution >= 4 is 27.7 Å². The highest BCUT2D eigenvalue weighted by molar-refractivity contribution is 9.10. The monoisotopic (exact) mass is 380 g/mol. The van der Waals surface area contributed by atoms with Gasteiger partial charge in [0.25, 0.3) is 5.91 Å². The molecule has 23 heavy (non-hydrogen) atoms. The highest BCUT2D eigenvalue weighted by atomic mass is 79.9. The van der Waals surface area contributed by atoms with Crippen molar-refractivity contribution in [3.8, 4) is 0 Å². The second kappa shape index (κ2) is 8.48. The normalized spacial score (nSPS) is 15.7. The minimum atomic E-state index is 0.0503. The molecule has 1 saturated heterocycles. The summed E-state index contributed by atoms with van der Waals surface area (Å²) in [6.45, 7) is 6.83. The number of amides is 2. The summed E-state index contributed by atoms with van der Waals surface area (Å²) in [4.78, 5) is 28.9. The number of benzene rings is 1. The average Bonchev–Trinajstić information content (AvgIpc) is 2.82. The van der Waals surface area contributed by atoms with Gasteiger partial charge in [-0.25, -0.2) is 0 Å². The van der Waals surface area contributed by atoms with Crippen molar-refractivity contribution in [1.29, 1.82) is 0 Å². The third kappa shape index (κ3) is 4.56. The molecule has 2 amide bonds. The van der Waals surface area contributed by atoms with E-state index in [0.717, 1.165) is 30.3 Å². The third-order valence-electron chi connectivity index (χ3n) is 4.52. The van der Waals surface area contributed by atoms with Crippen LogP contribution < -0.4 is 0 Å². The molecule has 1 heterocycles. The minimum absolute atomic E-state index is 0.0503. The molecule has 1 aromatic rings. The van der Waals surface area contributed by atoms with E-state index >= 15 is 0 Å². The van der Waals surface area contributed by atoms with Gasteiger partial charge in [0.2, 0.25) is 5.91 Å². The van der Waals surface area contributed by atoms with Crippen molar-refractivity contribution < 1.29 is 9.59 Å². The molecule has 0 bridgehead atoms. The highest BCUT2D eigenvalue weighted by Gasteiger charge is 2.25. The Morgan fingerprint density at radius 3 is 2.17 bits per heavy atom. The Bertz CT molecular complexity index is 540. The topological polar surface area (TPSA) is 40.6 Å². The van der Waals surface area contributed by atoms with E-state index in [0.29, 0.717) is 25.2 Å². The average molecular weight is 381 g/mol. The Kier molecular flexibility index (Phi) is 6.63.